The molecule has 0 fully saturated rings. The molecule has 4 heteroatoms. The molecular formula is C24H31N3O. The first-order valence-electron chi connectivity index (χ1n) is 9.83. The van der Waals surface area contributed by atoms with E-state index in [1.165, 1.54) is 0 Å². The Morgan fingerprint density at radius 1 is 0.929 bits per heavy atom. The average Bonchev–Trinajstić information content (AvgIpc) is 2.72. The zero-order valence-corrected chi connectivity index (χ0v) is 17.2. The molecule has 2 aromatic carbocycles. The van der Waals surface area contributed by atoms with Gasteiger partial charge in [0.2, 0.25) is 0 Å². The largest absolute Gasteiger partial charge is 0.396 e. The van der Waals surface area contributed by atoms with Crippen LogP contribution in [-0.4, -0.2) is 41.8 Å². The van der Waals surface area contributed by atoms with E-state index >= 15 is 0 Å². The molecule has 0 aliphatic carbocycles. The van der Waals surface area contributed by atoms with Crippen molar-refractivity contribution in [3.63, 3.8) is 0 Å². The van der Waals surface area contributed by atoms with Crippen LogP contribution >= 0.6 is 0 Å². The van der Waals surface area contributed by atoms with Gasteiger partial charge in [0, 0.05) is 30.3 Å². The lowest BCUT2D eigenvalue weighted by Crippen LogP contribution is -2.36. The Bertz CT molecular complexity index is 795. The first-order chi connectivity index (χ1) is 13.6. The van der Waals surface area contributed by atoms with Crippen LogP contribution in [0.15, 0.2) is 70.6 Å². The van der Waals surface area contributed by atoms with Crippen molar-refractivity contribution < 1.29 is 5.11 Å². The van der Waals surface area contributed by atoms with E-state index in [1.807, 2.05) is 67.6 Å². The number of aliphatic imine (C=N–C) groups is 2. The predicted octanol–water partition coefficient (Wildman–Crippen LogP) is 5.11. The summed E-state index contributed by atoms with van der Waals surface area (Å²) in [5.74, 6) is 0.934. The summed E-state index contributed by atoms with van der Waals surface area (Å²) < 4.78 is 0. The number of hydrogen-bond acceptors (Lipinski definition) is 3. The van der Waals surface area contributed by atoms with Gasteiger partial charge in [0.25, 0.3) is 0 Å². The third-order valence-electron chi connectivity index (χ3n) is 4.60. The van der Waals surface area contributed by atoms with Crippen molar-refractivity contribution in [3.05, 3.63) is 71.8 Å². The van der Waals surface area contributed by atoms with Crippen molar-refractivity contribution in [3.8, 4) is 0 Å². The van der Waals surface area contributed by atoms with E-state index in [0.717, 1.165) is 47.7 Å². The highest BCUT2D eigenvalue weighted by Gasteiger charge is 2.15. The van der Waals surface area contributed by atoms with Crippen molar-refractivity contribution in [2.45, 2.75) is 39.7 Å². The van der Waals surface area contributed by atoms with E-state index in [-0.39, 0.29) is 6.61 Å². The number of hydrogen-bond donors (Lipinski definition) is 1. The maximum Gasteiger partial charge on any atom is 0.102 e. The molecular weight excluding hydrogens is 346 g/mol. The molecule has 0 bridgehead atoms. The Hall–Kier alpha value is -2.72. The number of nitrogens with zero attached hydrogens (tertiary/aromatic N) is 3. The lowest BCUT2D eigenvalue weighted by molar-refractivity contribution is 0.267. The van der Waals surface area contributed by atoms with Gasteiger partial charge in [0.1, 0.15) is 5.84 Å². The minimum Gasteiger partial charge on any atom is -0.396 e. The normalized spacial score (nSPS) is 12.7. The van der Waals surface area contributed by atoms with Gasteiger partial charge in [-0.2, -0.15) is 0 Å². The molecule has 0 saturated heterocycles. The standard InChI is InChI=1S/C24H31N3O/c1-19(2)27(17-11-12-18-28)20(3)26-24(22-15-9-6-10-16-22)23(25-4)21-13-7-5-8-14-21/h5-10,13-16,19,28H,4,11-12,17-18H2,1-3H3/b24-23-,26-20?. The first-order valence-corrected chi connectivity index (χ1v) is 9.83. The van der Waals surface area contributed by atoms with Gasteiger partial charge in [0.05, 0.1) is 11.4 Å². The maximum atomic E-state index is 9.11. The van der Waals surface area contributed by atoms with Crippen LogP contribution in [-0.2, 0) is 0 Å². The molecule has 0 atom stereocenters. The molecule has 0 aromatic heterocycles. The number of amidine groups is 1. The van der Waals surface area contributed by atoms with Crippen LogP contribution in [0, 0.1) is 0 Å². The van der Waals surface area contributed by atoms with E-state index in [2.05, 4.69) is 30.5 Å². The van der Waals surface area contributed by atoms with E-state index in [4.69, 9.17) is 10.1 Å². The molecule has 4 nitrogen and oxygen atoms in total. The average molecular weight is 378 g/mol. The molecule has 0 aliphatic rings. The highest BCUT2D eigenvalue weighted by molar-refractivity contribution is 5.96. The molecule has 0 heterocycles. The van der Waals surface area contributed by atoms with Crippen LogP contribution in [0.3, 0.4) is 0 Å². The third-order valence-corrected chi connectivity index (χ3v) is 4.60. The topological polar surface area (TPSA) is 48.2 Å². The molecule has 0 saturated carbocycles. The third kappa shape index (κ3) is 5.89. The second-order valence-corrected chi connectivity index (χ2v) is 6.96. The molecule has 2 rings (SSSR count). The first kappa shape index (κ1) is 21.6. The van der Waals surface area contributed by atoms with Crippen molar-refractivity contribution in [1.29, 1.82) is 0 Å². The Morgan fingerprint density at radius 3 is 1.93 bits per heavy atom. The van der Waals surface area contributed by atoms with Gasteiger partial charge < -0.3 is 10.0 Å². The Labute approximate surface area is 169 Å². The Morgan fingerprint density at radius 2 is 1.46 bits per heavy atom. The minimum absolute atomic E-state index is 0.218. The fourth-order valence-electron chi connectivity index (χ4n) is 3.16. The molecule has 28 heavy (non-hydrogen) atoms. The maximum absolute atomic E-state index is 9.11. The summed E-state index contributed by atoms with van der Waals surface area (Å²) in [6, 6.07) is 20.5. The SMILES string of the molecule is C=N/C(=C(\N=C(C)N(CCCCO)C(C)C)c1ccccc1)c1ccccc1. The second-order valence-electron chi connectivity index (χ2n) is 6.96. The van der Waals surface area contributed by atoms with Crippen molar-refractivity contribution in [2.24, 2.45) is 9.98 Å². The smallest absolute Gasteiger partial charge is 0.102 e. The van der Waals surface area contributed by atoms with E-state index in [9.17, 15) is 0 Å². The van der Waals surface area contributed by atoms with E-state index in [0.29, 0.717) is 6.04 Å². The summed E-state index contributed by atoms with van der Waals surface area (Å²) in [6.45, 7) is 11.2. The summed E-state index contributed by atoms with van der Waals surface area (Å²) in [6.07, 6.45) is 1.72. The van der Waals surface area contributed by atoms with E-state index < -0.39 is 0 Å². The molecule has 1 N–H and O–H groups in total. The summed E-state index contributed by atoms with van der Waals surface area (Å²) in [7, 11) is 0. The zero-order valence-electron chi connectivity index (χ0n) is 17.2. The van der Waals surface area contributed by atoms with Crippen LogP contribution in [0.25, 0.3) is 11.4 Å². The Kier molecular flexibility index (Phi) is 8.63. The molecule has 0 spiro atoms. The summed E-state index contributed by atoms with van der Waals surface area (Å²) >= 11 is 0. The summed E-state index contributed by atoms with van der Waals surface area (Å²) in [5.41, 5.74) is 3.58. The highest BCUT2D eigenvalue weighted by atomic mass is 16.2. The number of unbranched alkanes of at least 4 members (excludes halogenated alkanes) is 1. The summed E-state index contributed by atoms with van der Waals surface area (Å²) in [4.78, 5) is 11.6. The van der Waals surface area contributed by atoms with Crippen LogP contribution in [0.5, 0.6) is 0 Å². The molecule has 0 unspecified atom stereocenters. The lowest BCUT2D eigenvalue weighted by Gasteiger charge is -2.29. The zero-order chi connectivity index (χ0) is 20.4. The van der Waals surface area contributed by atoms with Crippen molar-refractivity contribution in [1.82, 2.24) is 4.90 Å². The molecule has 0 amide bonds. The lowest BCUT2D eigenvalue weighted by atomic mass is 10.1. The summed E-state index contributed by atoms with van der Waals surface area (Å²) in [5, 5.41) is 9.11. The molecule has 0 radical (unpaired) electrons. The number of benzene rings is 2. The van der Waals surface area contributed by atoms with E-state index in [1.54, 1.807) is 0 Å². The van der Waals surface area contributed by atoms with Gasteiger partial charge in [0.15, 0.2) is 0 Å². The minimum atomic E-state index is 0.218. The van der Waals surface area contributed by atoms with Gasteiger partial charge in [-0.3, -0.25) is 4.99 Å². The predicted molar refractivity (Wildman–Crippen MR) is 121 cm³/mol. The van der Waals surface area contributed by atoms with Crippen molar-refractivity contribution >= 4 is 23.9 Å². The van der Waals surface area contributed by atoms with Crippen LogP contribution in [0.4, 0.5) is 0 Å². The van der Waals surface area contributed by atoms with Crippen LogP contribution in [0.1, 0.15) is 44.7 Å². The fraction of sp³-hybridized carbons (Fsp3) is 0.333. The quantitative estimate of drug-likeness (QED) is 0.285. The number of aliphatic hydroxyl groups is 1. The van der Waals surface area contributed by atoms with Gasteiger partial charge in [-0.25, -0.2) is 4.99 Å². The number of aliphatic hydroxyl groups excluding tert-OH is 1. The van der Waals surface area contributed by atoms with Crippen molar-refractivity contribution in [2.75, 3.05) is 13.2 Å². The monoisotopic (exact) mass is 377 g/mol. The highest BCUT2D eigenvalue weighted by Crippen LogP contribution is 2.29. The molecule has 0 aliphatic heterocycles. The molecule has 2 aromatic rings. The van der Waals surface area contributed by atoms with Crippen LogP contribution in [0.2, 0.25) is 0 Å². The Balaban J connectivity index is 2.54. The number of rotatable bonds is 9. The molecule has 148 valence electrons. The van der Waals surface area contributed by atoms with Crippen LogP contribution < -0.4 is 0 Å². The van der Waals surface area contributed by atoms with Gasteiger partial charge in [-0.15, -0.1) is 0 Å². The van der Waals surface area contributed by atoms with Gasteiger partial charge >= 0.3 is 0 Å². The van der Waals surface area contributed by atoms with Gasteiger partial charge in [-0.05, 0) is 40.3 Å². The second kappa shape index (κ2) is 11.2. The fourth-order valence-corrected chi connectivity index (χ4v) is 3.16. The van der Waals surface area contributed by atoms with Gasteiger partial charge in [-0.1, -0.05) is 60.7 Å².